The van der Waals surface area contributed by atoms with Crippen LogP contribution in [0, 0.1) is 0 Å². The van der Waals surface area contributed by atoms with E-state index in [0.717, 1.165) is 19.6 Å². The first-order valence-corrected chi connectivity index (χ1v) is 11.0. The van der Waals surface area contributed by atoms with Gasteiger partial charge in [0.05, 0.1) is 0 Å². The van der Waals surface area contributed by atoms with Crippen molar-refractivity contribution in [3.05, 3.63) is 39.4 Å². The van der Waals surface area contributed by atoms with Crippen molar-refractivity contribution < 1.29 is 9.31 Å². The summed E-state index contributed by atoms with van der Waals surface area (Å²) in [4.78, 5) is 0. The van der Waals surface area contributed by atoms with E-state index in [0.29, 0.717) is 0 Å². The molecule has 0 bridgehead atoms. The van der Waals surface area contributed by atoms with E-state index in [1.54, 1.807) is 22.7 Å². The van der Waals surface area contributed by atoms with Gasteiger partial charge in [-0.15, -0.1) is 0 Å². The first-order valence-electron chi connectivity index (χ1n) is 9.15. The molecule has 3 rings (SSSR count). The molecule has 2 nitrogen and oxygen atoms in total. The Labute approximate surface area is 155 Å². The zero-order valence-electron chi connectivity index (χ0n) is 15.0. The first kappa shape index (κ1) is 19.7. The van der Waals surface area contributed by atoms with Crippen molar-refractivity contribution in [1.29, 1.82) is 0 Å². The molecule has 1 saturated heterocycles. The first-order chi connectivity index (χ1) is 11.8. The van der Waals surface area contributed by atoms with Crippen LogP contribution in [0.25, 0.3) is 0 Å². The summed E-state index contributed by atoms with van der Waals surface area (Å²) in [6, 6.07) is 4.44. The molecule has 0 radical (unpaired) electrons. The number of thiophene rings is 2. The number of rotatable bonds is 7. The zero-order chi connectivity index (χ0) is 17.0. The maximum Gasteiger partial charge on any atom is 0.504 e. The minimum atomic E-state index is -0.0980. The minimum Gasteiger partial charge on any atom is -0.407 e. The summed E-state index contributed by atoms with van der Waals surface area (Å²) in [6.45, 7) is 6.10. The molecule has 24 heavy (non-hydrogen) atoms. The molecule has 2 aromatic heterocycles. The topological polar surface area (TPSA) is 18.5 Å². The highest BCUT2D eigenvalue weighted by Crippen LogP contribution is 2.12. The van der Waals surface area contributed by atoms with Crippen LogP contribution in [0.2, 0.25) is 0 Å². The standard InChI is InChI=1S/C11H17BO2S.C8H12S/c1-2-3-5-10-8-11(15-9-10)12-13-6-4-7-14-12;1-2-3-4-8-5-6-9-7-8/h8-9H,2-7H2,1H3;5-7H,2-4H2,1H3. The fourth-order valence-corrected chi connectivity index (χ4v) is 4.14. The molecule has 0 aliphatic carbocycles. The van der Waals surface area contributed by atoms with Crippen LogP contribution in [-0.4, -0.2) is 20.3 Å². The molecule has 0 unspecified atom stereocenters. The third kappa shape index (κ3) is 7.10. The van der Waals surface area contributed by atoms with Crippen molar-refractivity contribution in [2.75, 3.05) is 13.2 Å². The SMILES string of the molecule is CCCCc1ccsc1.CCCCc1csc(B2OCCCO2)c1. The molecule has 0 saturated carbocycles. The van der Waals surface area contributed by atoms with E-state index in [4.69, 9.17) is 9.31 Å². The largest absolute Gasteiger partial charge is 0.504 e. The highest BCUT2D eigenvalue weighted by molar-refractivity contribution is 7.20. The predicted octanol–water partition coefficient (Wildman–Crippen LogP) is 5.31. The van der Waals surface area contributed by atoms with Crippen molar-refractivity contribution in [1.82, 2.24) is 0 Å². The lowest BCUT2D eigenvalue weighted by atomic mass is 9.85. The molecule has 1 aliphatic rings. The molecule has 0 spiro atoms. The van der Waals surface area contributed by atoms with E-state index in [1.165, 1.54) is 54.4 Å². The van der Waals surface area contributed by atoms with Gasteiger partial charge in [-0.1, -0.05) is 26.7 Å². The summed E-state index contributed by atoms with van der Waals surface area (Å²) >= 11 is 3.55. The Morgan fingerprint density at radius 1 is 1.00 bits per heavy atom. The zero-order valence-corrected chi connectivity index (χ0v) is 16.6. The van der Waals surface area contributed by atoms with E-state index in [-0.39, 0.29) is 7.12 Å². The highest BCUT2D eigenvalue weighted by Gasteiger charge is 2.25. The van der Waals surface area contributed by atoms with Gasteiger partial charge in [-0.05, 0) is 71.5 Å². The van der Waals surface area contributed by atoms with Crippen LogP contribution in [0.3, 0.4) is 0 Å². The molecular weight excluding hydrogens is 335 g/mol. The molecule has 0 amide bonds. The van der Waals surface area contributed by atoms with Crippen molar-refractivity contribution in [3.8, 4) is 0 Å². The van der Waals surface area contributed by atoms with E-state index in [2.05, 4.69) is 42.1 Å². The molecule has 1 aliphatic heterocycles. The second-order valence-corrected chi connectivity index (χ2v) is 7.85. The molecule has 1 fully saturated rings. The summed E-state index contributed by atoms with van der Waals surface area (Å²) in [5.41, 5.74) is 2.93. The Morgan fingerprint density at radius 3 is 2.33 bits per heavy atom. The highest BCUT2D eigenvalue weighted by atomic mass is 32.1. The molecular formula is C19H29BO2S2. The van der Waals surface area contributed by atoms with Crippen molar-refractivity contribution in [2.24, 2.45) is 0 Å². The third-order valence-electron chi connectivity index (χ3n) is 3.95. The van der Waals surface area contributed by atoms with Gasteiger partial charge in [-0.2, -0.15) is 22.7 Å². The summed E-state index contributed by atoms with van der Waals surface area (Å²) < 4.78 is 12.4. The van der Waals surface area contributed by atoms with Gasteiger partial charge in [0, 0.05) is 18.0 Å². The van der Waals surface area contributed by atoms with Crippen LogP contribution in [-0.2, 0) is 22.2 Å². The van der Waals surface area contributed by atoms with Gasteiger partial charge < -0.3 is 9.31 Å². The van der Waals surface area contributed by atoms with Crippen molar-refractivity contribution in [2.45, 2.75) is 58.8 Å². The monoisotopic (exact) mass is 364 g/mol. The van der Waals surface area contributed by atoms with Crippen LogP contribution >= 0.6 is 22.7 Å². The molecule has 2 aromatic rings. The van der Waals surface area contributed by atoms with Crippen molar-refractivity contribution in [3.63, 3.8) is 0 Å². The Hall–Kier alpha value is -0.615. The molecule has 0 aromatic carbocycles. The fourth-order valence-electron chi connectivity index (χ4n) is 2.50. The van der Waals surface area contributed by atoms with Gasteiger partial charge in [-0.25, -0.2) is 0 Å². The van der Waals surface area contributed by atoms with Gasteiger partial charge in [0.25, 0.3) is 0 Å². The van der Waals surface area contributed by atoms with E-state index < -0.39 is 0 Å². The van der Waals surface area contributed by atoms with Crippen LogP contribution in [0.1, 0.15) is 57.1 Å². The number of hydrogen-bond acceptors (Lipinski definition) is 4. The number of aryl methyl sites for hydroxylation is 2. The van der Waals surface area contributed by atoms with E-state index in [1.807, 2.05) is 0 Å². The van der Waals surface area contributed by atoms with Gasteiger partial charge in [0.15, 0.2) is 0 Å². The van der Waals surface area contributed by atoms with E-state index in [9.17, 15) is 0 Å². The van der Waals surface area contributed by atoms with Gasteiger partial charge >= 0.3 is 7.12 Å². The number of hydrogen-bond donors (Lipinski definition) is 0. The third-order valence-corrected chi connectivity index (χ3v) is 5.69. The second kappa shape index (κ2) is 11.9. The molecule has 5 heteroatoms. The van der Waals surface area contributed by atoms with Crippen LogP contribution in [0.5, 0.6) is 0 Å². The normalized spacial score (nSPS) is 14.3. The van der Waals surface area contributed by atoms with E-state index >= 15 is 0 Å². The Kier molecular flexibility index (Phi) is 9.73. The number of unbranched alkanes of at least 4 members (excludes halogenated alkanes) is 2. The molecule has 0 N–H and O–H groups in total. The van der Waals surface area contributed by atoms with Crippen LogP contribution in [0.15, 0.2) is 28.3 Å². The van der Waals surface area contributed by atoms with Crippen LogP contribution < -0.4 is 4.78 Å². The molecule has 132 valence electrons. The lowest BCUT2D eigenvalue weighted by molar-refractivity contribution is 0.144. The molecule has 0 atom stereocenters. The summed E-state index contributed by atoms with van der Waals surface area (Å²) in [7, 11) is -0.0980. The average molecular weight is 364 g/mol. The van der Waals surface area contributed by atoms with Gasteiger partial charge in [-0.3, -0.25) is 0 Å². The second-order valence-electron chi connectivity index (χ2n) is 6.12. The lowest BCUT2D eigenvalue weighted by Crippen LogP contribution is -2.39. The average Bonchev–Trinajstić information content (AvgIpc) is 3.31. The maximum atomic E-state index is 5.57. The van der Waals surface area contributed by atoms with Gasteiger partial charge in [0.2, 0.25) is 0 Å². The fraction of sp³-hybridized carbons (Fsp3) is 0.579. The smallest absolute Gasteiger partial charge is 0.407 e. The lowest BCUT2D eigenvalue weighted by Gasteiger charge is -2.18. The van der Waals surface area contributed by atoms with Gasteiger partial charge in [0.1, 0.15) is 0 Å². The van der Waals surface area contributed by atoms with Crippen LogP contribution in [0.4, 0.5) is 0 Å². The summed E-state index contributed by atoms with van der Waals surface area (Å²) in [5, 5.41) is 6.60. The Balaban J connectivity index is 0.000000198. The summed E-state index contributed by atoms with van der Waals surface area (Å²) in [6.07, 6.45) is 8.61. The molecule has 3 heterocycles. The maximum absolute atomic E-state index is 5.57. The van der Waals surface area contributed by atoms with Crippen molar-refractivity contribution >= 4 is 34.6 Å². The Bertz CT molecular complexity index is 533. The predicted molar refractivity (Wildman–Crippen MR) is 108 cm³/mol. The Morgan fingerprint density at radius 2 is 1.71 bits per heavy atom. The summed E-state index contributed by atoms with van der Waals surface area (Å²) in [5.74, 6) is 0. The quantitative estimate of drug-likeness (QED) is 0.620. The minimum absolute atomic E-state index is 0.0980.